The van der Waals surface area contributed by atoms with E-state index in [1.54, 1.807) is 4.90 Å². The average Bonchev–Trinajstić information content (AvgIpc) is 3.07. The van der Waals surface area contributed by atoms with Gasteiger partial charge in [0.25, 0.3) is 5.56 Å². The number of amides is 1. The maximum atomic E-state index is 13.0. The number of nitrogens with zero attached hydrogens (tertiary/aromatic N) is 2. The number of pyridine rings is 1. The van der Waals surface area contributed by atoms with Gasteiger partial charge in [-0.15, -0.1) is 0 Å². The quantitative estimate of drug-likeness (QED) is 0.761. The summed E-state index contributed by atoms with van der Waals surface area (Å²) in [5.41, 5.74) is -0.736. The van der Waals surface area contributed by atoms with Crippen molar-refractivity contribution >= 4 is 5.91 Å². The summed E-state index contributed by atoms with van der Waals surface area (Å²) in [6, 6.07) is 6.87. The van der Waals surface area contributed by atoms with Crippen LogP contribution in [0.5, 0.6) is 11.5 Å². The highest BCUT2D eigenvalue weighted by Crippen LogP contribution is 2.38. The molecule has 9 heteroatoms. The van der Waals surface area contributed by atoms with Gasteiger partial charge < -0.3 is 18.9 Å². The van der Waals surface area contributed by atoms with E-state index in [1.807, 2.05) is 18.2 Å². The zero-order valence-corrected chi connectivity index (χ0v) is 16.2. The van der Waals surface area contributed by atoms with E-state index in [1.165, 1.54) is 0 Å². The second-order valence-corrected chi connectivity index (χ2v) is 7.38. The lowest BCUT2D eigenvalue weighted by Crippen LogP contribution is -2.36. The van der Waals surface area contributed by atoms with Crippen molar-refractivity contribution in [3.05, 3.63) is 58.0 Å². The van der Waals surface area contributed by atoms with Crippen molar-refractivity contribution in [2.24, 2.45) is 0 Å². The molecule has 1 atom stereocenters. The molecule has 0 N–H and O–H groups in total. The Morgan fingerprint density at radius 3 is 2.60 bits per heavy atom. The van der Waals surface area contributed by atoms with Crippen LogP contribution in [0.1, 0.15) is 36.4 Å². The van der Waals surface area contributed by atoms with Crippen LogP contribution < -0.4 is 15.0 Å². The molecule has 2 aliphatic rings. The lowest BCUT2D eigenvalue weighted by atomic mass is 10.0. The Balaban J connectivity index is 1.55. The van der Waals surface area contributed by atoms with E-state index >= 15 is 0 Å². The summed E-state index contributed by atoms with van der Waals surface area (Å²) in [6.45, 7) is 1.16. The molecule has 1 fully saturated rings. The maximum Gasteiger partial charge on any atom is 0.417 e. The molecule has 0 aliphatic carbocycles. The molecule has 1 aromatic carbocycles. The average molecular weight is 422 g/mol. The first kappa shape index (κ1) is 20.3. The van der Waals surface area contributed by atoms with Crippen molar-refractivity contribution in [3.63, 3.8) is 0 Å². The summed E-state index contributed by atoms with van der Waals surface area (Å²) >= 11 is 0. The summed E-state index contributed by atoms with van der Waals surface area (Å²) in [5, 5.41) is 0. The number of ether oxygens (including phenoxy) is 2. The van der Waals surface area contributed by atoms with Gasteiger partial charge >= 0.3 is 6.18 Å². The van der Waals surface area contributed by atoms with Gasteiger partial charge in [0.15, 0.2) is 11.5 Å². The number of carbonyl (C=O) groups is 1. The predicted molar refractivity (Wildman–Crippen MR) is 101 cm³/mol. The number of hydrogen-bond acceptors (Lipinski definition) is 4. The van der Waals surface area contributed by atoms with Gasteiger partial charge in [-0.2, -0.15) is 13.2 Å². The molecule has 1 amide bonds. The minimum absolute atomic E-state index is 0.226. The van der Waals surface area contributed by atoms with Crippen LogP contribution in [-0.2, 0) is 17.5 Å². The SMILES string of the molecule is O=C(Cn1cc(C(F)(F)F)ccc1=O)N1CCC[C@@H]1c1ccc2c(c1)OCCCO2. The molecule has 4 rings (SSSR count). The zero-order valence-electron chi connectivity index (χ0n) is 16.2. The van der Waals surface area contributed by atoms with E-state index in [0.717, 1.165) is 41.5 Å². The van der Waals surface area contributed by atoms with Crippen LogP contribution in [0.25, 0.3) is 0 Å². The van der Waals surface area contributed by atoms with Gasteiger partial charge in [0, 0.05) is 25.2 Å². The Hall–Kier alpha value is -2.97. The number of rotatable bonds is 3. The summed E-state index contributed by atoms with van der Waals surface area (Å²) in [7, 11) is 0. The Labute approximate surface area is 170 Å². The Morgan fingerprint density at radius 2 is 1.83 bits per heavy atom. The van der Waals surface area contributed by atoms with E-state index in [9.17, 15) is 22.8 Å². The topological polar surface area (TPSA) is 60.8 Å². The van der Waals surface area contributed by atoms with E-state index in [2.05, 4.69) is 0 Å². The molecule has 0 spiro atoms. The number of benzene rings is 1. The highest BCUT2D eigenvalue weighted by Gasteiger charge is 2.33. The van der Waals surface area contributed by atoms with Gasteiger partial charge in [0.05, 0.1) is 24.8 Å². The predicted octanol–water partition coefficient (Wildman–Crippen LogP) is 3.39. The van der Waals surface area contributed by atoms with Crippen LogP contribution in [0.4, 0.5) is 13.2 Å². The number of fused-ring (bicyclic) bond motifs is 1. The minimum atomic E-state index is -4.58. The third kappa shape index (κ3) is 4.15. The Kier molecular flexibility index (Phi) is 5.44. The van der Waals surface area contributed by atoms with E-state index in [-0.39, 0.29) is 6.04 Å². The molecule has 6 nitrogen and oxygen atoms in total. The first-order valence-electron chi connectivity index (χ1n) is 9.79. The molecule has 0 radical (unpaired) electrons. The van der Waals surface area contributed by atoms with Gasteiger partial charge in [0.2, 0.25) is 5.91 Å². The fraction of sp³-hybridized carbons (Fsp3) is 0.429. The third-order valence-corrected chi connectivity index (χ3v) is 5.35. The number of hydrogen-bond donors (Lipinski definition) is 0. The minimum Gasteiger partial charge on any atom is -0.490 e. The molecule has 2 aromatic rings. The Bertz CT molecular complexity index is 1000. The largest absolute Gasteiger partial charge is 0.490 e. The van der Waals surface area contributed by atoms with Crippen molar-refractivity contribution in [2.75, 3.05) is 19.8 Å². The molecule has 0 unspecified atom stereocenters. The van der Waals surface area contributed by atoms with E-state index < -0.39 is 29.8 Å². The molecule has 1 saturated heterocycles. The van der Waals surface area contributed by atoms with Crippen molar-refractivity contribution in [1.29, 1.82) is 0 Å². The van der Waals surface area contributed by atoms with Gasteiger partial charge in [0.1, 0.15) is 6.54 Å². The first-order chi connectivity index (χ1) is 14.3. The maximum absolute atomic E-state index is 13.0. The molecule has 2 aliphatic heterocycles. The van der Waals surface area contributed by atoms with Crippen molar-refractivity contribution < 1.29 is 27.4 Å². The van der Waals surface area contributed by atoms with Gasteiger partial charge in [-0.25, -0.2) is 0 Å². The second-order valence-electron chi connectivity index (χ2n) is 7.38. The van der Waals surface area contributed by atoms with E-state index in [0.29, 0.717) is 37.5 Å². The number of halogens is 3. The smallest absolute Gasteiger partial charge is 0.417 e. The highest BCUT2D eigenvalue weighted by atomic mass is 19.4. The van der Waals surface area contributed by atoms with Crippen LogP contribution >= 0.6 is 0 Å². The fourth-order valence-electron chi connectivity index (χ4n) is 3.86. The summed E-state index contributed by atoms with van der Waals surface area (Å²) in [4.78, 5) is 26.5. The lowest BCUT2D eigenvalue weighted by molar-refractivity contribution is -0.139. The molecule has 3 heterocycles. The molecular formula is C21H21F3N2O4. The van der Waals surface area contributed by atoms with Crippen LogP contribution in [0.15, 0.2) is 41.3 Å². The number of likely N-dealkylation sites (tertiary alicyclic amines) is 1. The highest BCUT2D eigenvalue weighted by molar-refractivity contribution is 5.77. The fourth-order valence-corrected chi connectivity index (χ4v) is 3.86. The molecule has 0 bridgehead atoms. The van der Waals surface area contributed by atoms with Crippen LogP contribution in [-0.4, -0.2) is 35.1 Å². The summed E-state index contributed by atoms with van der Waals surface area (Å²) in [6.07, 6.45) is -1.62. The molecule has 1 aromatic heterocycles. The molecule has 160 valence electrons. The molecule has 0 saturated carbocycles. The monoisotopic (exact) mass is 422 g/mol. The van der Waals surface area contributed by atoms with Crippen molar-refractivity contribution in [1.82, 2.24) is 9.47 Å². The van der Waals surface area contributed by atoms with Gasteiger partial charge in [-0.3, -0.25) is 9.59 Å². The van der Waals surface area contributed by atoms with Crippen LogP contribution in [0, 0.1) is 0 Å². The molecule has 30 heavy (non-hydrogen) atoms. The van der Waals surface area contributed by atoms with Crippen LogP contribution in [0.3, 0.4) is 0 Å². The number of carbonyl (C=O) groups excluding carboxylic acids is 1. The number of aromatic nitrogens is 1. The Morgan fingerprint density at radius 1 is 1.07 bits per heavy atom. The number of alkyl halides is 3. The van der Waals surface area contributed by atoms with Gasteiger partial charge in [-0.1, -0.05) is 6.07 Å². The summed E-state index contributed by atoms with van der Waals surface area (Å²) in [5.74, 6) is 0.882. The van der Waals surface area contributed by atoms with E-state index in [4.69, 9.17) is 9.47 Å². The zero-order chi connectivity index (χ0) is 21.3. The van der Waals surface area contributed by atoms with Crippen molar-refractivity contribution in [2.45, 2.75) is 38.0 Å². The standard InChI is InChI=1S/C21H21F3N2O4/c22-21(23,24)15-5-7-19(27)25(12-15)13-20(28)26-8-1-3-16(26)14-4-6-17-18(11-14)30-10-2-9-29-17/h4-7,11-12,16H,1-3,8-10,13H2/t16-/m1/s1. The van der Waals surface area contributed by atoms with Crippen LogP contribution in [0.2, 0.25) is 0 Å². The summed E-state index contributed by atoms with van der Waals surface area (Å²) < 4.78 is 51.0. The third-order valence-electron chi connectivity index (χ3n) is 5.35. The first-order valence-corrected chi connectivity index (χ1v) is 9.79. The lowest BCUT2D eigenvalue weighted by Gasteiger charge is -2.26. The van der Waals surface area contributed by atoms with Gasteiger partial charge in [-0.05, 0) is 36.6 Å². The molecular weight excluding hydrogens is 401 g/mol. The second kappa shape index (κ2) is 8.04. The van der Waals surface area contributed by atoms with Crippen molar-refractivity contribution in [3.8, 4) is 11.5 Å². The normalized spacial score (nSPS) is 18.9.